The molecule has 2 heterocycles. The fourth-order valence-corrected chi connectivity index (χ4v) is 2.56. The van der Waals surface area contributed by atoms with Crippen LogP contribution in [0, 0.1) is 0 Å². The number of hydrogen-bond donors (Lipinski definition) is 2. The Kier molecular flexibility index (Phi) is 5.56. The molecule has 0 bridgehead atoms. The van der Waals surface area contributed by atoms with E-state index < -0.39 is 0 Å². The van der Waals surface area contributed by atoms with Crippen LogP contribution in [0.4, 0.5) is 0 Å². The second kappa shape index (κ2) is 8.23. The predicted molar refractivity (Wildman–Crippen MR) is 95.3 cm³/mol. The normalized spacial score (nSPS) is 12.8. The average molecular weight is 342 g/mol. The van der Waals surface area contributed by atoms with Gasteiger partial charge in [-0.05, 0) is 30.2 Å². The Morgan fingerprint density at radius 2 is 2.12 bits per heavy atom. The van der Waals surface area contributed by atoms with Crippen molar-refractivity contribution in [3.05, 3.63) is 47.7 Å². The molecule has 0 aliphatic carbocycles. The molecule has 2 aromatic rings. The van der Waals surface area contributed by atoms with E-state index in [4.69, 9.17) is 14.2 Å². The molecular formula is C18H22N4O3. The fourth-order valence-electron chi connectivity index (χ4n) is 2.56. The molecule has 7 nitrogen and oxygen atoms in total. The molecule has 132 valence electrons. The number of hydrogen-bond acceptors (Lipinski definition) is 5. The second-order valence-electron chi connectivity index (χ2n) is 5.46. The number of methoxy groups -OCH3 is 1. The van der Waals surface area contributed by atoms with Gasteiger partial charge in [0.15, 0.2) is 17.5 Å². The first-order valence-corrected chi connectivity index (χ1v) is 8.11. The largest absolute Gasteiger partial charge is 0.481 e. The molecule has 0 atom stereocenters. The highest BCUT2D eigenvalue weighted by atomic mass is 16.7. The van der Waals surface area contributed by atoms with Crippen LogP contribution in [0.2, 0.25) is 0 Å². The summed E-state index contributed by atoms with van der Waals surface area (Å²) in [7, 11) is 3.36. The Bertz CT molecular complexity index is 749. The SMILES string of the molecule is CN=C(NCCc1ccc2c(c1)OCO2)NCc1cccnc1OC. The Morgan fingerprint density at radius 3 is 2.96 bits per heavy atom. The molecule has 0 saturated heterocycles. The molecule has 0 saturated carbocycles. The first kappa shape index (κ1) is 16.9. The van der Waals surface area contributed by atoms with E-state index in [0.717, 1.165) is 36.0 Å². The van der Waals surface area contributed by atoms with E-state index in [1.54, 1.807) is 20.4 Å². The smallest absolute Gasteiger partial charge is 0.231 e. The van der Waals surface area contributed by atoms with E-state index in [1.165, 1.54) is 5.56 Å². The maximum absolute atomic E-state index is 5.40. The highest BCUT2D eigenvalue weighted by Gasteiger charge is 2.13. The van der Waals surface area contributed by atoms with Gasteiger partial charge in [-0.1, -0.05) is 12.1 Å². The van der Waals surface area contributed by atoms with Crippen LogP contribution in [0.15, 0.2) is 41.5 Å². The van der Waals surface area contributed by atoms with Crippen molar-refractivity contribution in [1.29, 1.82) is 0 Å². The van der Waals surface area contributed by atoms with Gasteiger partial charge in [0.05, 0.1) is 7.11 Å². The van der Waals surface area contributed by atoms with Crippen molar-refractivity contribution in [2.75, 3.05) is 27.5 Å². The topological polar surface area (TPSA) is 77.0 Å². The molecule has 25 heavy (non-hydrogen) atoms. The summed E-state index contributed by atoms with van der Waals surface area (Å²) in [6, 6.07) is 9.86. The second-order valence-corrected chi connectivity index (χ2v) is 5.46. The number of aliphatic imine (C=N–C) groups is 1. The van der Waals surface area contributed by atoms with Gasteiger partial charge < -0.3 is 24.8 Å². The highest BCUT2D eigenvalue weighted by Crippen LogP contribution is 2.32. The molecule has 0 unspecified atom stereocenters. The van der Waals surface area contributed by atoms with Gasteiger partial charge in [0, 0.05) is 31.9 Å². The van der Waals surface area contributed by atoms with E-state index >= 15 is 0 Å². The van der Waals surface area contributed by atoms with Gasteiger partial charge in [0.25, 0.3) is 0 Å². The van der Waals surface area contributed by atoms with Gasteiger partial charge >= 0.3 is 0 Å². The van der Waals surface area contributed by atoms with Crippen LogP contribution < -0.4 is 24.8 Å². The molecule has 2 N–H and O–H groups in total. The van der Waals surface area contributed by atoms with E-state index in [0.29, 0.717) is 19.2 Å². The third-order valence-electron chi connectivity index (χ3n) is 3.86. The number of benzene rings is 1. The summed E-state index contributed by atoms with van der Waals surface area (Å²) >= 11 is 0. The van der Waals surface area contributed by atoms with Crippen LogP contribution in [-0.4, -0.2) is 38.4 Å². The third-order valence-corrected chi connectivity index (χ3v) is 3.86. The maximum Gasteiger partial charge on any atom is 0.231 e. The van der Waals surface area contributed by atoms with Crippen molar-refractivity contribution in [1.82, 2.24) is 15.6 Å². The van der Waals surface area contributed by atoms with Crippen molar-refractivity contribution >= 4 is 5.96 Å². The van der Waals surface area contributed by atoms with Crippen LogP contribution in [0.5, 0.6) is 17.4 Å². The molecule has 1 aromatic heterocycles. The monoisotopic (exact) mass is 342 g/mol. The Morgan fingerprint density at radius 1 is 1.24 bits per heavy atom. The highest BCUT2D eigenvalue weighted by molar-refractivity contribution is 5.79. The maximum atomic E-state index is 5.40. The molecular weight excluding hydrogens is 320 g/mol. The van der Waals surface area contributed by atoms with Crippen LogP contribution in [0.1, 0.15) is 11.1 Å². The fraction of sp³-hybridized carbons (Fsp3) is 0.333. The number of rotatable bonds is 6. The first-order valence-electron chi connectivity index (χ1n) is 8.11. The van der Waals surface area contributed by atoms with Gasteiger partial charge in [0.1, 0.15) is 0 Å². The van der Waals surface area contributed by atoms with Gasteiger partial charge in [-0.15, -0.1) is 0 Å². The van der Waals surface area contributed by atoms with Gasteiger partial charge in [-0.2, -0.15) is 0 Å². The minimum atomic E-state index is 0.297. The molecule has 0 radical (unpaired) electrons. The summed E-state index contributed by atoms with van der Waals surface area (Å²) in [6.07, 6.45) is 2.56. The summed E-state index contributed by atoms with van der Waals surface area (Å²) in [5.41, 5.74) is 2.16. The summed E-state index contributed by atoms with van der Waals surface area (Å²) in [4.78, 5) is 8.42. The van der Waals surface area contributed by atoms with Crippen molar-refractivity contribution in [3.8, 4) is 17.4 Å². The quantitative estimate of drug-likeness (QED) is 0.615. The average Bonchev–Trinajstić information content (AvgIpc) is 3.12. The number of pyridine rings is 1. The van der Waals surface area contributed by atoms with Crippen LogP contribution in [-0.2, 0) is 13.0 Å². The number of nitrogens with one attached hydrogen (secondary N) is 2. The zero-order chi connectivity index (χ0) is 17.5. The zero-order valence-corrected chi connectivity index (χ0v) is 14.4. The lowest BCUT2D eigenvalue weighted by atomic mass is 10.1. The van der Waals surface area contributed by atoms with Crippen LogP contribution >= 0.6 is 0 Å². The standard InChI is InChI=1S/C18H22N4O3/c1-19-18(22-11-14-4-3-8-20-17(14)23-2)21-9-7-13-5-6-15-16(10-13)25-12-24-15/h3-6,8,10H,7,9,11-12H2,1-2H3,(H2,19,21,22). The molecule has 3 rings (SSSR count). The Labute approximate surface area is 147 Å². The van der Waals surface area contributed by atoms with E-state index in [9.17, 15) is 0 Å². The minimum Gasteiger partial charge on any atom is -0.481 e. The Balaban J connectivity index is 1.48. The zero-order valence-electron chi connectivity index (χ0n) is 14.4. The lowest BCUT2D eigenvalue weighted by Crippen LogP contribution is -2.37. The van der Waals surface area contributed by atoms with E-state index in [-0.39, 0.29) is 0 Å². The van der Waals surface area contributed by atoms with Crippen molar-refractivity contribution in [2.24, 2.45) is 4.99 Å². The third kappa shape index (κ3) is 4.32. The van der Waals surface area contributed by atoms with E-state index in [2.05, 4.69) is 20.6 Å². The molecule has 0 fully saturated rings. The lowest BCUT2D eigenvalue weighted by molar-refractivity contribution is 0.174. The predicted octanol–water partition coefficient (Wildman–Crippen LogP) is 1.73. The number of nitrogens with zero attached hydrogens (tertiary/aromatic N) is 2. The number of ether oxygens (including phenoxy) is 3. The molecule has 0 spiro atoms. The van der Waals surface area contributed by atoms with Gasteiger partial charge in [-0.3, -0.25) is 4.99 Å². The molecule has 7 heteroatoms. The summed E-state index contributed by atoms with van der Waals surface area (Å²) in [5.74, 6) is 2.96. The summed E-state index contributed by atoms with van der Waals surface area (Å²) in [6.45, 7) is 1.63. The van der Waals surface area contributed by atoms with Gasteiger partial charge in [0.2, 0.25) is 12.7 Å². The Hall–Kier alpha value is -2.96. The summed E-state index contributed by atoms with van der Waals surface area (Å²) < 4.78 is 16.0. The van der Waals surface area contributed by atoms with Crippen LogP contribution in [0.3, 0.4) is 0 Å². The lowest BCUT2D eigenvalue weighted by Gasteiger charge is -2.13. The van der Waals surface area contributed by atoms with Crippen molar-refractivity contribution in [2.45, 2.75) is 13.0 Å². The van der Waals surface area contributed by atoms with Gasteiger partial charge in [-0.25, -0.2) is 4.98 Å². The minimum absolute atomic E-state index is 0.297. The number of aromatic nitrogens is 1. The molecule has 1 aliphatic rings. The van der Waals surface area contributed by atoms with Crippen molar-refractivity contribution in [3.63, 3.8) is 0 Å². The van der Waals surface area contributed by atoms with Crippen LogP contribution in [0.25, 0.3) is 0 Å². The molecule has 0 amide bonds. The first-order chi connectivity index (χ1) is 12.3. The molecule has 1 aliphatic heterocycles. The number of fused-ring (bicyclic) bond motifs is 1. The number of guanidine groups is 1. The van der Waals surface area contributed by atoms with E-state index in [1.807, 2.05) is 30.3 Å². The van der Waals surface area contributed by atoms with Crippen molar-refractivity contribution < 1.29 is 14.2 Å². The molecule has 1 aromatic carbocycles. The summed E-state index contributed by atoms with van der Waals surface area (Å²) in [5, 5.41) is 6.56.